The monoisotopic (exact) mass is 288 g/mol. The molecule has 0 aromatic heterocycles. The SMILES string of the molecule is C=CCCCN(C)C(=O)N1c2ccccc2C[C@H]1C(=O)O. The number of carbonyl (C=O) groups is 2. The molecule has 2 rings (SSSR count). The number of allylic oxidation sites excluding steroid dienone is 1. The first-order valence-corrected chi connectivity index (χ1v) is 7.02. The van der Waals surface area contributed by atoms with Crippen molar-refractivity contribution in [3.05, 3.63) is 42.5 Å². The highest BCUT2D eigenvalue weighted by Crippen LogP contribution is 2.32. The molecule has 112 valence electrons. The van der Waals surface area contributed by atoms with Gasteiger partial charge in [0, 0.05) is 25.7 Å². The minimum atomic E-state index is -0.973. The summed E-state index contributed by atoms with van der Waals surface area (Å²) in [7, 11) is 1.70. The standard InChI is InChI=1S/C16H20N2O3/c1-3-4-7-10-17(2)16(21)18-13-9-6-5-8-12(13)11-14(18)15(19)20/h3,5-6,8-9,14H,1,4,7,10-11H2,2H3,(H,19,20)/t14-/m0/s1. The van der Waals surface area contributed by atoms with Gasteiger partial charge in [-0.05, 0) is 24.5 Å². The van der Waals surface area contributed by atoms with Crippen LogP contribution in [0.15, 0.2) is 36.9 Å². The number of carboxylic acids is 1. The van der Waals surface area contributed by atoms with Crippen LogP contribution in [0.5, 0.6) is 0 Å². The number of hydrogen-bond donors (Lipinski definition) is 1. The molecule has 0 spiro atoms. The van der Waals surface area contributed by atoms with E-state index in [4.69, 9.17) is 0 Å². The summed E-state index contributed by atoms with van der Waals surface area (Å²) in [6.45, 7) is 4.23. The van der Waals surface area contributed by atoms with E-state index in [0.29, 0.717) is 18.7 Å². The molecule has 0 saturated carbocycles. The molecule has 0 aliphatic carbocycles. The van der Waals surface area contributed by atoms with Crippen molar-refractivity contribution in [3.8, 4) is 0 Å². The molecule has 21 heavy (non-hydrogen) atoms. The fraction of sp³-hybridized carbons (Fsp3) is 0.375. The summed E-state index contributed by atoms with van der Waals surface area (Å²) in [5.74, 6) is -0.973. The van der Waals surface area contributed by atoms with E-state index in [1.54, 1.807) is 18.0 Å². The van der Waals surface area contributed by atoms with Crippen molar-refractivity contribution in [2.45, 2.75) is 25.3 Å². The number of carbonyl (C=O) groups excluding carboxylic acids is 1. The maximum absolute atomic E-state index is 12.6. The van der Waals surface area contributed by atoms with Gasteiger partial charge in [-0.15, -0.1) is 6.58 Å². The molecule has 0 radical (unpaired) electrons. The number of aliphatic carboxylic acids is 1. The Morgan fingerprint density at radius 2 is 2.19 bits per heavy atom. The maximum Gasteiger partial charge on any atom is 0.327 e. The van der Waals surface area contributed by atoms with E-state index in [1.165, 1.54) is 4.90 Å². The van der Waals surface area contributed by atoms with Crippen molar-refractivity contribution in [2.75, 3.05) is 18.5 Å². The number of fused-ring (bicyclic) bond motifs is 1. The Balaban J connectivity index is 2.20. The molecule has 0 saturated heterocycles. The molecule has 1 aliphatic rings. The zero-order valence-corrected chi connectivity index (χ0v) is 12.2. The van der Waals surface area contributed by atoms with E-state index in [9.17, 15) is 14.7 Å². The van der Waals surface area contributed by atoms with Gasteiger partial charge in [0.15, 0.2) is 0 Å². The minimum Gasteiger partial charge on any atom is -0.480 e. The smallest absolute Gasteiger partial charge is 0.327 e. The van der Waals surface area contributed by atoms with Crippen LogP contribution >= 0.6 is 0 Å². The van der Waals surface area contributed by atoms with E-state index in [1.807, 2.05) is 24.3 Å². The van der Waals surface area contributed by atoms with Gasteiger partial charge >= 0.3 is 12.0 Å². The number of unbranched alkanes of at least 4 members (excludes halogenated alkanes) is 1. The van der Waals surface area contributed by atoms with Crippen LogP contribution < -0.4 is 4.90 Å². The second kappa shape index (κ2) is 6.43. The maximum atomic E-state index is 12.6. The Kier molecular flexibility index (Phi) is 4.62. The second-order valence-corrected chi connectivity index (χ2v) is 5.19. The van der Waals surface area contributed by atoms with Gasteiger partial charge in [0.2, 0.25) is 0 Å². The summed E-state index contributed by atoms with van der Waals surface area (Å²) >= 11 is 0. The van der Waals surface area contributed by atoms with Crippen LogP contribution in [0.4, 0.5) is 10.5 Å². The van der Waals surface area contributed by atoms with Gasteiger partial charge in [-0.3, -0.25) is 4.90 Å². The topological polar surface area (TPSA) is 60.9 Å². The number of benzene rings is 1. The summed E-state index contributed by atoms with van der Waals surface area (Å²) in [4.78, 5) is 27.0. The van der Waals surface area contributed by atoms with Crippen LogP contribution in [0, 0.1) is 0 Å². The highest BCUT2D eigenvalue weighted by Gasteiger charge is 2.39. The van der Waals surface area contributed by atoms with E-state index < -0.39 is 12.0 Å². The Morgan fingerprint density at radius 1 is 1.48 bits per heavy atom. The molecule has 5 nitrogen and oxygen atoms in total. The average molecular weight is 288 g/mol. The van der Waals surface area contributed by atoms with Gasteiger partial charge in [0.05, 0.1) is 0 Å². The van der Waals surface area contributed by atoms with Crippen LogP contribution in [0.1, 0.15) is 18.4 Å². The molecule has 2 amide bonds. The number of carboxylic acid groups (broad SMARTS) is 1. The third kappa shape index (κ3) is 3.07. The van der Waals surface area contributed by atoms with Crippen LogP contribution in [-0.2, 0) is 11.2 Å². The second-order valence-electron chi connectivity index (χ2n) is 5.19. The van der Waals surface area contributed by atoms with Crippen LogP contribution in [-0.4, -0.2) is 41.6 Å². The lowest BCUT2D eigenvalue weighted by Gasteiger charge is -2.28. The van der Waals surface area contributed by atoms with Crippen LogP contribution in [0.25, 0.3) is 0 Å². The van der Waals surface area contributed by atoms with Crippen LogP contribution in [0.2, 0.25) is 0 Å². The molecular weight excluding hydrogens is 268 g/mol. The third-order valence-electron chi connectivity index (χ3n) is 3.70. The molecule has 0 fully saturated rings. The number of amides is 2. The Labute approximate surface area is 124 Å². The fourth-order valence-electron chi connectivity index (χ4n) is 2.57. The zero-order valence-electron chi connectivity index (χ0n) is 12.2. The number of anilines is 1. The molecule has 0 bridgehead atoms. The number of nitrogens with zero attached hydrogens (tertiary/aromatic N) is 2. The van der Waals surface area contributed by atoms with Gasteiger partial charge in [-0.25, -0.2) is 9.59 Å². The first kappa shape index (κ1) is 15.1. The molecule has 1 aliphatic heterocycles. The lowest BCUT2D eigenvalue weighted by atomic mass is 10.1. The predicted molar refractivity (Wildman–Crippen MR) is 81.5 cm³/mol. The Morgan fingerprint density at radius 3 is 2.86 bits per heavy atom. The van der Waals surface area contributed by atoms with E-state index in [-0.39, 0.29) is 6.03 Å². The lowest BCUT2D eigenvalue weighted by Crippen LogP contribution is -2.48. The van der Waals surface area contributed by atoms with Crippen molar-refractivity contribution in [2.24, 2.45) is 0 Å². The van der Waals surface area contributed by atoms with Gasteiger partial charge < -0.3 is 10.0 Å². The van der Waals surface area contributed by atoms with E-state index >= 15 is 0 Å². The molecule has 1 aromatic carbocycles. The van der Waals surface area contributed by atoms with Gasteiger partial charge in [0.1, 0.15) is 6.04 Å². The molecule has 1 N–H and O–H groups in total. The highest BCUT2D eigenvalue weighted by atomic mass is 16.4. The van der Waals surface area contributed by atoms with Crippen molar-refractivity contribution in [1.29, 1.82) is 0 Å². The summed E-state index contributed by atoms with van der Waals surface area (Å²) in [5.41, 5.74) is 1.60. The Bertz CT molecular complexity index is 556. The fourth-order valence-corrected chi connectivity index (χ4v) is 2.57. The lowest BCUT2D eigenvalue weighted by molar-refractivity contribution is -0.138. The minimum absolute atomic E-state index is 0.267. The van der Waals surface area contributed by atoms with E-state index in [2.05, 4.69) is 6.58 Å². The van der Waals surface area contributed by atoms with Crippen molar-refractivity contribution < 1.29 is 14.7 Å². The molecule has 1 aromatic rings. The first-order valence-electron chi connectivity index (χ1n) is 7.02. The number of rotatable bonds is 5. The summed E-state index contributed by atoms with van der Waals surface area (Å²) in [5, 5.41) is 9.37. The quantitative estimate of drug-likeness (QED) is 0.669. The van der Waals surface area contributed by atoms with Crippen molar-refractivity contribution in [1.82, 2.24) is 4.90 Å². The van der Waals surface area contributed by atoms with Gasteiger partial charge in [-0.1, -0.05) is 24.3 Å². The van der Waals surface area contributed by atoms with Gasteiger partial charge in [-0.2, -0.15) is 0 Å². The molecular formula is C16H20N2O3. The number of urea groups is 1. The summed E-state index contributed by atoms with van der Waals surface area (Å²) in [6, 6.07) is 6.26. The van der Waals surface area contributed by atoms with E-state index in [0.717, 1.165) is 18.4 Å². The molecule has 0 unspecified atom stereocenters. The summed E-state index contributed by atoms with van der Waals surface area (Å²) < 4.78 is 0. The molecule has 5 heteroatoms. The van der Waals surface area contributed by atoms with Crippen LogP contribution in [0.3, 0.4) is 0 Å². The predicted octanol–water partition coefficient (Wildman–Crippen LogP) is 2.52. The molecule has 1 atom stereocenters. The van der Waals surface area contributed by atoms with Gasteiger partial charge in [0.25, 0.3) is 0 Å². The number of hydrogen-bond acceptors (Lipinski definition) is 2. The zero-order chi connectivity index (χ0) is 15.4. The first-order chi connectivity index (χ1) is 10.1. The number of para-hydroxylation sites is 1. The van der Waals surface area contributed by atoms with Crippen molar-refractivity contribution in [3.63, 3.8) is 0 Å². The third-order valence-corrected chi connectivity index (χ3v) is 3.70. The van der Waals surface area contributed by atoms with Crippen molar-refractivity contribution >= 4 is 17.7 Å². The largest absolute Gasteiger partial charge is 0.480 e. The Hall–Kier alpha value is -2.30. The summed E-state index contributed by atoms with van der Waals surface area (Å²) in [6.07, 6.45) is 3.82. The normalized spacial score (nSPS) is 16.4. The highest BCUT2D eigenvalue weighted by molar-refractivity contribution is 6.00. The molecule has 1 heterocycles. The average Bonchev–Trinajstić information content (AvgIpc) is 2.86.